The predicted molar refractivity (Wildman–Crippen MR) is 144 cm³/mol. The highest BCUT2D eigenvalue weighted by molar-refractivity contribution is 5.95. The summed E-state index contributed by atoms with van der Waals surface area (Å²) in [5.41, 5.74) is 2.86. The molecule has 0 aliphatic carbocycles. The molecule has 37 heavy (non-hydrogen) atoms. The maximum atomic E-state index is 13.8. The Hall–Kier alpha value is -4.32. The first kappa shape index (κ1) is 24.4. The number of rotatable bonds is 6. The van der Waals surface area contributed by atoms with Crippen molar-refractivity contribution in [2.24, 2.45) is 0 Å². The second-order valence-corrected chi connectivity index (χ2v) is 9.50. The zero-order chi connectivity index (χ0) is 25.7. The van der Waals surface area contributed by atoms with Crippen molar-refractivity contribution in [1.82, 2.24) is 20.2 Å². The Morgan fingerprint density at radius 1 is 0.811 bits per heavy atom. The van der Waals surface area contributed by atoms with Crippen LogP contribution in [0.25, 0.3) is 11.4 Å². The summed E-state index contributed by atoms with van der Waals surface area (Å²) >= 11 is 0. The fraction of sp³-hybridized carbons (Fsp3) is 0.226. The van der Waals surface area contributed by atoms with E-state index in [2.05, 4.69) is 15.3 Å². The quantitative estimate of drug-likeness (QED) is 0.403. The maximum absolute atomic E-state index is 13.8. The van der Waals surface area contributed by atoms with Crippen LogP contribution in [-0.4, -0.2) is 39.8 Å². The van der Waals surface area contributed by atoms with E-state index < -0.39 is 5.41 Å². The van der Waals surface area contributed by atoms with Gasteiger partial charge in [0.25, 0.3) is 5.91 Å². The average molecular weight is 491 g/mol. The normalized spacial score (nSPS) is 15.5. The lowest BCUT2D eigenvalue weighted by molar-refractivity contribution is -0.129. The minimum Gasteiger partial charge on any atom is -0.349 e. The molecule has 6 nitrogen and oxygen atoms in total. The largest absolute Gasteiger partial charge is 0.349 e. The van der Waals surface area contributed by atoms with Gasteiger partial charge in [-0.1, -0.05) is 72.8 Å². The van der Waals surface area contributed by atoms with Gasteiger partial charge in [-0.05, 0) is 49.1 Å². The van der Waals surface area contributed by atoms with E-state index in [-0.39, 0.29) is 17.9 Å². The summed E-state index contributed by atoms with van der Waals surface area (Å²) in [6.45, 7) is 3.02. The number of benzene rings is 3. The second-order valence-electron chi connectivity index (χ2n) is 9.50. The van der Waals surface area contributed by atoms with E-state index in [9.17, 15) is 9.59 Å². The number of hydrogen-bond donors (Lipinski definition) is 1. The van der Waals surface area contributed by atoms with Crippen molar-refractivity contribution in [3.8, 4) is 11.4 Å². The molecule has 1 saturated heterocycles. The highest BCUT2D eigenvalue weighted by Gasteiger charge is 2.44. The molecule has 1 aliphatic heterocycles. The molecule has 0 unspecified atom stereocenters. The van der Waals surface area contributed by atoms with Gasteiger partial charge in [0.05, 0.1) is 11.5 Å². The Morgan fingerprint density at radius 2 is 1.41 bits per heavy atom. The van der Waals surface area contributed by atoms with Crippen LogP contribution in [0.5, 0.6) is 0 Å². The number of nitrogens with one attached hydrogen (secondary N) is 1. The van der Waals surface area contributed by atoms with Gasteiger partial charge in [-0.3, -0.25) is 9.59 Å². The minimum absolute atomic E-state index is 0.00867. The number of nitrogens with zero attached hydrogens (tertiary/aromatic N) is 3. The lowest BCUT2D eigenvalue weighted by atomic mass is 9.71. The van der Waals surface area contributed by atoms with Crippen molar-refractivity contribution in [2.45, 2.75) is 31.2 Å². The zero-order valence-corrected chi connectivity index (χ0v) is 20.9. The fourth-order valence-electron chi connectivity index (χ4n) is 5.05. The molecule has 2 amide bonds. The molecule has 0 spiro atoms. The van der Waals surface area contributed by atoms with Gasteiger partial charge in [0.2, 0.25) is 5.91 Å². The Bertz CT molecular complexity index is 1330. The minimum atomic E-state index is -0.685. The molecule has 0 bridgehead atoms. The number of piperidine rings is 1. The molecule has 3 aromatic carbocycles. The Kier molecular flexibility index (Phi) is 7.08. The lowest BCUT2D eigenvalue weighted by Gasteiger charge is -2.41. The molecule has 0 saturated carbocycles. The summed E-state index contributed by atoms with van der Waals surface area (Å²) in [6.07, 6.45) is 4.52. The zero-order valence-electron chi connectivity index (χ0n) is 20.9. The van der Waals surface area contributed by atoms with E-state index in [1.807, 2.05) is 96.8 Å². The third-order valence-corrected chi connectivity index (χ3v) is 7.27. The van der Waals surface area contributed by atoms with Crippen molar-refractivity contribution in [1.29, 1.82) is 0 Å². The predicted octanol–water partition coefficient (Wildman–Crippen LogP) is 5.20. The molecule has 5 rings (SSSR count). The van der Waals surface area contributed by atoms with Gasteiger partial charge >= 0.3 is 0 Å². The average Bonchev–Trinajstić information content (AvgIpc) is 2.98. The third-order valence-electron chi connectivity index (χ3n) is 7.27. The first-order valence-corrected chi connectivity index (χ1v) is 12.6. The number of carbonyl (C=O) groups is 2. The van der Waals surface area contributed by atoms with E-state index in [0.717, 1.165) is 16.7 Å². The highest BCUT2D eigenvalue weighted by atomic mass is 16.2. The first-order chi connectivity index (χ1) is 18.1. The maximum Gasteiger partial charge on any atom is 0.253 e. The standard InChI is InChI=1S/C31H30N4O2/c1-23(24-9-4-2-5-10-24)34-30(37)31(27-11-6-3-7-12-27)17-21-35(22-18-31)29(36)26-15-13-25(14-16-26)28-32-19-8-20-33-28/h2-16,19-20,23H,17-18,21-22H2,1H3,(H,34,37)/t23-/m0/s1. The molecule has 6 heteroatoms. The molecular formula is C31H30N4O2. The summed E-state index contributed by atoms with van der Waals surface area (Å²) in [5.74, 6) is 0.609. The van der Waals surface area contributed by atoms with Gasteiger partial charge in [0.15, 0.2) is 5.82 Å². The van der Waals surface area contributed by atoms with Crippen molar-refractivity contribution in [3.63, 3.8) is 0 Å². The van der Waals surface area contributed by atoms with E-state index >= 15 is 0 Å². The van der Waals surface area contributed by atoms with Crippen LogP contribution in [0.2, 0.25) is 0 Å². The molecule has 1 atom stereocenters. The van der Waals surface area contributed by atoms with Gasteiger partial charge in [0, 0.05) is 36.6 Å². The Morgan fingerprint density at radius 3 is 2.03 bits per heavy atom. The molecule has 4 aromatic rings. The van der Waals surface area contributed by atoms with Crippen LogP contribution < -0.4 is 5.32 Å². The number of likely N-dealkylation sites (tertiary alicyclic amines) is 1. The van der Waals surface area contributed by atoms with Gasteiger partial charge in [-0.2, -0.15) is 0 Å². The molecule has 1 N–H and O–H groups in total. The summed E-state index contributed by atoms with van der Waals surface area (Å²) in [4.78, 5) is 37.5. The molecule has 186 valence electrons. The summed E-state index contributed by atoms with van der Waals surface area (Å²) in [5, 5.41) is 3.25. The van der Waals surface area contributed by atoms with Crippen LogP contribution in [0, 0.1) is 0 Å². The molecule has 1 aromatic heterocycles. The molecule has 2 heterocycles. The first-order valence-electron chi connectivity index (χ1n) is 12.6. The summed E-state index contributed by atoms with van der Waals surface area (Å²) in [6, 6.07) is 29.0. The Balaban J connectivity index is 1.32. The van der Waals surface area contributed by atoms with Crippen molar-refractivity contribution in [2.75, 3.05) is 13.1 Å². The third kappa shape index (κ3) is 5.14. The molecule has 0 radical (unpaired) electrons. The van der Waals surface area contributed by atoms with Crippen LogP contribution in [0.3, 0.4) is 0 Å². The van der Waals surface area contributed by atoms with Crippen LogP contribution in [0.1, 0.15) is 47.3 Å². The van der Waals surface area contributed by atoms with Gasteiger partial charge in [-0.25, -0.2) is 9.97 Å². The van der Waals surface area contributed by atoms with Crippen LogP contribution in [0.15, 0.2) is 103 Å². The fourth-order valence-corrected chi connectivity index (χ4v) is 5.05. The van der Waals surface area contributed by atoms with Gasteiger partial charge < -0.3 is 10.2 Å². The Labute approximate surface area is 217 Å². The van der Waals surface area contributed by atoms with Crippen molar-refractivity contribution in [3.05, 3.63) is 120 Å². The van der Waals surface area contributed by atoms with E-state index in [1.165, 1.54) is 0 Å². The summed E-state index contributed by atoms with van der Waals surface area (Å²) in [7, 11) is 0. The molecule has 1 aliphatic rings. The van der Waals surface area contributed by atoms with Gasteiger partial charge in [-0.15, -0.1) is 0 Å². The SMILES string of the molecule is C[C@H](NC(=O)C1(c2ccccc2)CCN(C(=O)c2ccc(-c3ncccn3)cc2)CC1)c1ccccc1. The van der Waals surface area contributed by atoms with E-state index in [4.69, 9.17) is 0 Å². The topological polar surface area (TPSA) is 75.2 Å². The number of carbonyl (C=O) groups excluding carboxylic acids is 2. The van der Waals surface area contributed by atoms with Crippen molar-refractivity contribution < 1.29 is 9.59 Å². The monoisotopic (exact) mass is 490 g/mol. The molecule has 1 fully saturated rings. The number of amides is 2. The highest BCUT2D eigenvalue weighted by Crippen LogP contribution is 2.37. The number of aromatic nitrogens is 2. The number of hydrogen-bond acceptors (Lipinski definition) is 4. The van der Waals surface area contributed by atoms with Gasteiger partial charge in [0.1, 0.15) is 0 Å². The van der Waals surface area contributed by atoms with Crippen LogP contribution in [-0.2, 0) is 10.2 Å². The van der Waals surface area contributed by atoms with E-state index in [0.29, 0.717) is 37.3 Å². The summed E-state index contributed by atoms with van der Waals surface area (Å²) < 4.78 is 0. The van der Waals surface area contributed by atoms with Crippen molar-refractivity contribution >= 4 is 11.8 Å². The van der Waals surface area contributed by atoms with E-state index in [1.54, 1.807) is 18.5 Å². The van der Waals surface area contributed by atoms with Crippen LogP contribution in [0.4, 0.5) is 0 Å². The molecular weight excluding hydrogens is 460 g/mol. The smallest absolute Gasteiger partial charge is 0.253 e. The second kappa shape index (κ2) is 10.7. The lowest BCUT2D eigenvalue weighted by Crippen LogP contribution is -2.53. The van der Waals surface area contributed by atoms with Crippen LogP contribution >= 0.6 is 0 Å².